The lowest BCUT2D eigenvalue weighted by Crippen LogP contribution is -2.46. The summed E-state index contributed by atoms with van der Waals surface area (Å²) in [6.45, 7) is 3.54. The van der Waals surface area contributed by atoms with E-state index in [-0.39, 0.29) is 24.4 Å². The van der Waals surface area contributed by atoms with Crippen LogP contribution in [-0.4, -0.2) is 42.0 Å². The van der Waals surface area contributed by atoms with Crippen LogP contribution in [0.4, 0.5) is 5.69 Å². The van der Waals surface area contributed by atoms with Gasteiger partial charge in [-0.1, -0.05) is 24.3 Å². The van der Waals surface area contributed by atoms with Gasteiger partial charge >= 0.3 is 0 Å². The van der Waals surface area contributed by atoms with Crippen molar-refractivity contribution in [2.24, 2.45) is 0 Å². The summed E-state index contributed by atoms with van der Waals surface area (Å²) in [6.07, 6.45) is 4.19. The van der Waals surface area contributed by atoms with Crippen LogP contribution in [0.1, 0.15) is 18.0 Å². The maximum atomic E-state index is 12.1. The predicted octanol–water partition coefficient (Wildman–Crippen LogP) is 2.48. The Kier molecular flexibility index (Phi) is 7.18. The Bertz CT molecular complexity index is 623. The summed E-state index contributed by atoms with van der Waals surface area (Å²) < 4.78 is 0. The number of hydrogen-bond acceptors (Lipinski definition) is 4. The molecule has 1 unspecified atom stereocenters. The van der Waals surface area contributed by atoms with E-state index in [1.165, 1.54) is 5.56 Å². The molecule has 5 nitrogen and oxygen atoms in total. The van der Waals surface area contributed by atoms with Crippen molar-refractivity contribution in [2.75, 3.05) is 31.5 Å². The lowest BCUT2D eigenvalue weighted by molar-refractivity contribution is -0.116. The van der Waals surface area contributed by atoms with Gasteiger partial charge in [-0.3, -0.25) is 14.7 Å². The van der Waals surface area contributed by atoms with Gasteiger partial charge in [-0.2, -0.15) is 0 Å². The number of carbonyl (C=O) groups is 1. The summed E-state index contributed by atoms with van der Waals surface area (Å²) in [5.41, 5.74) is 2.05. The lowest BCUT2D eigenvalue weighted by Gasteiger charge is -2.36. The maximum absolute atomic E-state index is 12.1. The average molecular weight is 347 g/mol. The van der Waals surface area contributed by atoms with Gasteiger partial charge in [0.1, 0.15) is 0 Å². The fraction of sp³-hybridized carbons (Fsp3) is 0.333. The number of benzene rings is 1. The van der Waals surface area contributed by atoms with Gasteiger partial charge in [0.2, 0.25) is 5.91 Å². The number of halogens is 1. The Morgan fingerprint density at radius 3 is 2.83 bits per heavy atom. The minimum absolute atomic E-state index is 0. The molecule has 0 aliphatic carbocycles. The molecule has 1 aromatic carbocycles. The topological polar surface area (TPSA) is 57.3 Å². The van der Waals surface area contributed by atoms with Crippen LogP contribution >= 0.6 is 12.4 Å². The highest BCUT2D eigenvalue weighted by atomic mass is 35.5. The second kappa shape index (κ2) is 9.37. The molecule has 6 heteroatoms. The van der Waals surface area contributed by atoms with Gasteiger partial charge in [0.05, 0.1) is 0 Å². The first-order chi connectivity index (χ1) is 11.3. The van der Waals surface area contributed by atoms with E-state index >= 15 is 0 Å². The largest absolute Gasteiger partial charge is 0.326 e. The third-order valence-electron chi connectivity index (χ3n) is 4.11. The van der Waals surface area contributed by atoms with Crippen LogP contribution in [0, 0.1) is 0 Å². The highest BCUT2D eigenvalue weighted by Crippen LogP contribution is 2.21. The molecule has 1 saturated heterocycles. The first-order valence-electron chi connectivity index (χ1n) is 8.02. The number of carbonyl (C=O) groups excluding carboxylic acids is 1. The van der Waals surface area contributed by atoms with Gasteiger partial charge in [0.25, 0.3) is 0 Å². The van der Waals surface area contributed by atoms with E-state index in [1.807, 2.05) is 42.6 Å². The quantitative estimate of drug-likeness (QED) is 0.873. The van der Waals surface area contributed by atoms with E-state index < -0.39 is 0 Å². The van der Waals surface area contributed by atoms with Crippen molar-refractivity contribution in [3.63, 3.8) is 0 Å². The van der Waals surface area contributed by atoms with E-state index in [0.29, 0.717) is 6.42 Å². The molecule has 24 heavy (non-hydrogen) atoms. The highest BCUT2D eigenvalue weighted by molar-refractivity contribution is 5.90. The van der Waals surface area contributed by atoms with E-state index in [9.17, 15) is 4.79 Å². The maximum Gasteiger partial charge on any atom is 0.225 e. The second-order valence-corrected chi connectivity index (χ2v) is 5.71. The SMILES string of the molecule is Cl.O=C(CCN1CCNCC1c1cccnc1)Nc1ccccc1. The molecule has 1 atom stereocenters. The first-order valence-corrected chi connectivity index (χ1v) is 8.02. The van der Waals surface area contributed by atoms with Crippen molar-refractivity contribution in [1.29, 1.82) is 0 Å². The third-order valence-corrected chi connectivity index (χ3v) is 4.11. The average Bonchev–Trinajstić information content (AvgIpc) is 2.62. The number of piperazine rings is 1. The number of rotatable bonds is 5. The molecule has 0 bridgehead atoms. The molecule has 0 spiro atoms. The van der Waals surface area contributed by atoms with Crippen molar-refractivity contribution >= 4 is 24.0 Å². The molecular weight excluding hydrogens is 324 g/mol. The number of pyridine rings is 1. The van der Waals surface area contributed by atoms with Crippen LogP contribution in [-0.2, 0) is 4.79 Å². The van der Waals surface area contributed by atoms with Gasteiger partial charge in [-0.15, -0.1) is 12.4 Å². The Hall–Kier alpha value is -1.95. The number of amides is 1. The smallest absolute Gasteiger partial charge is 0.225 e. The summed E-state index contributed by atoms with van der Waals surface area (Å²) >= 11 is 0. The second-order valence-electron chi connectivity index (χ2n) is 5.71. The van der Waals surface area contributed by atoms with Crippen LogP contribution in [0.25, 0.3) is 0 Å². The number of para-hydroxylation sites is 1. The summed E-state index contributed by atoms with van der Waals surface area (Å²) in [7, 11) is 0. The molecule has 1 fully saturated rings. The Balaban J connectivity index is 0.00000208. The summed E-state index contributed by atoms with van der Waals surface area (Å²) in [5, 5.41) is 6.36. The number of nitrogens with zero attached hydrogens (tertiary/aromatic N) is 2. The Morgan fingerprint density at radius 2 is 2.08 bits per heavy atom. The van der Waals surface area contributed by atoms with E-state index in [1.54, 1.807) is 6.20 Å². The molecule has 1 aliphatic rings. The minimum Gasteiger partial charge on any atom is -0.326 e. The highest BCUT2D eigenvalue weighted by Gasteiger charge is 2.24. The molecule has 1 amide bonds. The van der Waals surface area contributed by atoms with E-state index in [2.05, 4.69) is 26.6 Å². The molecule has 2 aromatic rings. The van der Waals surface area contributed by atoms with Crippen molar-refractivity contribution < 1.29 is 4.79 Å². The molecule has 2 N–H and O–H groups in total. The van der Waals surface area contributed by atoms with Crippen LogP contribution in [0.2, 0.25) is 0 Å². The van der Waals surface area contributed by atoms with Crippen LogP contribution in [0.15, 0.2) is 54.9 Å². The van der Waals surface area contributed by atoms with Crippen LogP contribution in [0.5, 0.6) is 0 Å². The zero-order valence-electron chi connectivity index (χ0n) is 13.5. The molecule has 0 radical (unpaired) electrons. The van der Waals surface area contributed by atoms with Gasteiger partial charge in [-0.25, -0.2) is 0 Å². The van der Waals surface area contributed by atoms with Crippen molar-refractivity contribution in [3.05, 3.63) is 60.4 Å². The first kappa shape index (κ1) is 18.4. The molecule has 1 aliphatic heterocycles. The Morgan fingerprint density at radius 1 is 1.25 bits per heavy atom. The van der Waals surface area contributed by atoms with Gasteiger partial charge in [-0.05, 0) is 23.8 Å². The zero-order chi connectivity index (χ0) is 15.9. The third kappa shape index (κ3) is 5.03. The molecule has 1 aromatic heterocycles. The van der Waals surface area contributed by atoms with Crippen molar-refractivity contribution in [1.82, 2.24) is 15.2 Å². The fourth-order valence-corrected chi connectivity index (χ4v) is 2.91. The number of nitrogens with one attached hydrogen (secondary N) is 2. The normalized spacial score (nSPS) is 17.8. The van der Waals surface area contributed by atoms with Crippen molar-refractivity contribution in [2.45, 2.75) is 12.5 Å². The van der Waals surface area contributed by atoms with E-state index in [0.717, 1.165) is 31.9 Å². The molecular formula is C18H23ClN4O. The summed E-state index contributed by atoms with van der Waals surface area (Å²) in [4.78, 5) is 18.7. The molecule has 2 heterocycles. The van der Waals surface area contributed by atoms with Gasteiger partial charge < -0.3 is 10.6 Å². The Labute approximate surface area is 148 Å². The van der Waals surface area contributed by atoms with Crippen LogP contribution in [0.3, 0.4) is 0 Å². The number of hydrogen-bond donors (Lipinski definition) is 2. The van der Waals surface area contributed by atoms with Gasteiger partial charge in [0, 0.05) is 56.7 Å². The van der Waals surface area contributed by atoms with E-state index in [4.69, 9.17) is 0 Å². The molecule has 3 rings (SSSR count). The number of anilines is 1. The number of aromatic nitrogens is 1. The zero-order valence-corrected chi connectivity index (χ0v) is 14.3. The minimum atomic E-state index is 0. The monoisotopic (exact) mass is 346 g/mol. The fourth-order valence-electron chi connectivity index (χ4n) is 2.91. The predicted molar refractivity (Wildman–Crippen MR) is 98.4 cm³/mol. The van der Waals surface area contributed by atoms with Gasteiger partial charge in [0.15, 0.2) is 0 Å². The lowest BCUT2D eigenvalue weighted by atomic mass is 10.1. The summed E-state index contributed by atoms with van der Waals surface area (Å²) in [6, 6.07) is 13.9. The van der Waals surface area contributed by atoms with Crippen LogP contribution < -0.4 is 10.6 Å². The van der Waals surface area contributed by atoms with Crippen molar-refractivity contribution in [3.8, 4) is 0 Å². The molecule has 128 valence electrons. The standard InChI is InChI=1S/C18H22N4O.ClH/c23-18(21-16-6-2-1-3-7-16)8-11-22-12-10-20-14-17(22)15-5-4-9-19-13-15;/h1-7,9,13,17,20H,8,10-12,14H2,(H,21,23);1H. The summed E-state index contributed by atoms with van der Waals surface area (Å²) in [5.74, 6) is 0.0552. The molecule has 0 saturated carbocycles.